The Hall–Kier alpha value is -2.56. The van der Waals surface area contributed by atoms with Crippen LogP contribution in [-0.4, -0.2) is 25.1 Å². The SMILES string of the molecule is COc1ccc(NC(N)=NCc2cccc([N+](=O)[O-])c2)cc1OC.I. The van der Waals surface area contributed by atoms with Gasteiger partial charge in [-0.3, -0.25) is 10.1 Å². The quantitative estimate of drug-likeness (QED) is 0.226. The van der Waals surface area contributed by atoms with Gasteiger partial charge in [0.2, 0.25) is 0 Å². The van der Waals surface area contributed by atoms with E-state index in [0.29, 0.717) is 22.7 Å². The van der Waals surface area contributed by atoms with Crippen LogP contribution in [0.1, 0.15) is 5.56 Å². The predicted octanol–water partition coefficient (Wildman–Crippen LogP) is 3.16. The Bertz CT molecular complexity index is 768. The largest absolute Gasteiger partial charge is 0.493 e. The number of methoxy groups -OCH3 is 2. The standard InChI is InChI=1S/C16H18N4O4.HI/c1-23-14-7-6-12(9-15(14)24-2)19-16(17)18-10-11-4-3-5-13(8-11)20(21)22;/h3-9H,10H2,1-2H3,(H3,17,18,19);1H. The van der Waals surface area contributed by atoms with Crippen molar-refractivity contribution in [1.82, 2.24) is 0 Å². The fourth-order valence-electron chi connectivity index (χ4n) is 2.05. The lowest BCUT2D eigenvalue weighted by Gasteiger charge is -2.10. The maximum atomic E-state index is 10.8. The van der Waals surface area contributed by atoms with Gasteiger partial charge in [0.15, 0.2) is 17.5 Å². The molecule has 0 aromatic heterocycles. The third-order valence-corrected chi connectivity index (χ3v) is 3.21. The van der Waals surface area contributed by atoms with Crippen molar-refractivity contribution >= 4 is 41.3 Å². The summed E-state index contributed by atoms with van der Waals surface area (Å²) < 4.78 is 10.4. The van der Waals surface area contributed by atoms with E-state index in [-0.39, 0.29) is 42.2 Å². The average Bonchev–Trinajstić information content (AvgIpc) is 2.60. The lowest BCUT2D eigenvalue weighted by Crippen LogP contribution is -2.22. The maximum Gasteiger partial charge on any atom is 0.269 e. The Balaban J connectivity index is 0.00000312. The molecule has 0 aliphatic carbocycles. The van der Waals surface area contributed by atoms with E-state index in [1.807, 2.05) is 0 Å². The summed E-state index contributed by atoms with van der Waals surface area (Å²) in [4.78, 5) is 14.5. The van der Waals surface area contributed by atoms with Gasteiger partial charge in [-0.15, -0.1) is 24.0 Å². The Morgan fingerprint density at radius 3 is 2.56 bits per heavy atom. The Morgan fingerprint density at radius 2 is 1.92 bits per heavy atom. The molecule has 0 amide bonds. The summed E-state index contributed by atoms with van der Waals surface area (Å²) in [5, 5.41) is 13.7. The summed E-state index contributed by atoms with van der Waals surface area (Å²) in [7, 11) is 3.10. The van der Waals surface area contributed by atoms with Gasteiger partial charge in [-0.1, -0.05) is 12.1 Å². The molecule has 0 aliphatic rings. The molecule has 9 heteroatoms. The van der Waals surface area contributed by atoms with E-state index in [1.165, 1.54) is 12.1 Å². The van der Waals surface area contributed by atoms with Crippen molar-refractivity contribution in [2.24, 2.45) is 10.7 Å². The van der Waals surface area contributed by atoms with Crippen LogP contribution >= 0.6 is 24.0 Å². The number of hydrogen-bond donors (Lipinski definition) is 2. The van der Waals surface area contributed by atoms with Gasteiger partial charge < -0.3 is 20.5 Å². The average molecular weight is 458 g/mol. The van der Waals surface area contributed by atoms with Gasteiger partial charge in [0.05, 0.1) is 25.7 Å². The number of rotatable bonds is 6. The summed E-state index contributed by atoms with van der Waals surface area (Å²) in [5.74, 6) is 1.36. The van der Waals surface area contributed by atoms with E-state index in [1.54, 1.807) is 44.6 Å². The minimum Gasteiger partial charge on any atom is -0.493 e. The molecule has 0 spiro atoms. The van der Waals surface area contributed by atoms with E-state index < -0.39 is 4.92 Å². The van der Waals surface area contributed by atoms with Crippen LogP contribution in [0.4, 0.5) is 11.4 Å². The van der Waals surface area contributed by atoms with Crippen LogP contribution in [0.2, 0.25) is 0 Å². The van der Waals surface area contributed by atoms with E-state index in [4.69, 9.17) is 15.2 Å². The van der Waals surface area contributed by atoms with Gasteiger partial charge in [0, 0.05) is 23.9 Å². The first-order valence-corrected chi connectivity index (χ1v) is 7.05. The first kappa shape index (κ1) is 20.5. The zero-order chi connectivity index (χ0) is 17.5. The number of guanidine groups is 1. The second-order valence-corrected chi connectivity index (χ2v) is 4.82. The summed E-state index contributed by atoms with van der Waals surface area (Å²) >= 11 is 0. The number of halogens is 1. The number of benzene rings is 2. The predicted molar refractivity (Wildman–Crippen MR) is 107 cm³/mol. The van der Waals surface area contributed by atoms with Gasteiger partial charge in [0.25, 0.3) is 5.69 Å². The summed E-state index contributed by atoms with van der Waals surface area (Å²) in [6, 6.07) is 11.5. The Kier molecular flexibility index (Phi) is 7.92. The number of anilines is 1. The Morgan fingerprint density at radius 1 is 1.20 bits per heavy atom. The van der Waals surface area contributed by atoms with E-state index in [0.717, 1.165) is 0 Å². The molecule has 0 unspecified atom stereocenters. The molecule has 0 heterocycles. The van der Waals surface area contributed by atoms with Crippen LogP contribution in [0.3, 0.4) is 0 Å². The topological polar surface area (TPSA) is 112 Å². The molecule has 0 atom stereocenters. The van der Waals surface area contributed by atoms with Crippen molar-refractivity contribution in [2.45, 2.75) is 6.54 Å². The minimum atomic E-state index is -0.446. The lowest BCUT2D eigenvalue weighted by molar-refractivity contribution is -0.384. The van der Waals surface area contributed by atoms with Gasteiger partial charge in [0.1, 0.15) is 0 Å². The molecule has 0 fully saturated rings. The van der Waals surface area contributed by atoms with Crippen molar-refractivity contribution in [3.63, 3.8) is 0 Å². The first-order valence-electron chi connectivity index (χ1n) is 7.05. The second-order valence-electron chi connectivity index (χ2n) is 4.82. The van der Waals surface area contributed by atoms with Crippen LogP contribution in [0, 0.1) is 10.1 Å². The van der Waals surface area contributed by atoms with Crippen molar-refractivity contribution in [2.75, 3.05) is 19.5 Å². The fraction of sp³-hybridized carbons (Fsp3) is 0.188. The number of nitro groups is 1. The molecule has 134 valence electrons. The van der Waals surface area contributed by atoms with Crippen LogP contribution in [0.15, 0.2) is 47.5 Å². The molecule has 2 aromatic carbocycles. The van der Waals surface area contributed by atoms with Crippen LogP contribution in [0.5, 0.6) is 11.5 Å². The zero-order valence-electron chi connectivity index (χ0n) is 13.8. The van der Waals surface area contributed by atoms with Crippen LogP contribution in [0.25, 0.3) is 0 Å². The summed E-state index contributed by atoms with van der Waals surface area (Å²) in [5.41, 5.74) is 7.25. The highest BCUT2D eigenvalue weighted by Crippen LogP contribution is 2.29. The van der Waals surface area contributed by atoms with E-state index in [2.05, 4.69) is 10.3 Å². The number of nitrogens with zero attached hydrogens (tertiary/aromatic N) is 2. The van der Waals surface area contributed by atoms with E-state index >= 15 is 0 Å². The highest BCUT2D eigenvalue weighted by molar-refractivity contribution is 14.0. The molecule has 0 saturated carbocycles. The third-order valence-electron chi connectivity index (χ3n) is 3.21. The number of nitrogens with one attached hydrogen (secondary N) is 1. The second kappa shape index (κ2) is 9.67. The molecule has 2 rings (SSSR count). The molecule has 3 N–H and O–H groups in total. The molecule has 0 radical (unpaired) electrons. The molecular formula is C16H19IN4O4. The van der Waals surface area contributed by atoms with Crippen molar-refractivity contribution in [3.05, 3.63) is 58.1 Å². The molecule has 0 saturated heterocycles. The fourth-order valence-corrected chi connectivity index (χ4v) is 2.05. The van der Waals surface area contributed by atoms with Crippen LogP contribution < -0.4 is 20.5 Å². The first-order chi connectivity index (χ1) is 11.5. The maximum absolute atomic E-state index is 10.8. The molecule has 0 bridgehead atoms. The van der Waals surface area contributed by atoms with Gasteiger partial charge in [-0.2, -0.15) is 0 Å². The summed E-state index contributed by atoms with van der Waals surface area (Å²) in [6.07, 6.45) is 0. The molecule has 2 aromatic rings. The molecule has 8 nitrogen and oxygen atoms in total. The smallest absolute Gasteiger partial charge is 0.269 e. The van der Waals surface area contributed by atoms with Crippen molar-refractivity contribution in [1.29, 1.82) is 0 Å². The van der Waals surface area contributed by atoms with Gasteiger partial charge in [-0.05, 0) is 17.7 Å². The minimum absolute atomic E-state index is 0. The van der Waals surface area contributed by atoms with Gasteiger partial charge in [-0.25, -0.2) is 4.99 Å². The van der Waals surface area contributed by atoms with Crippen molar-refractivity contribution in [3.8, 4) is 11.5 Å². The van der Waals surface area contributed by atoms with Crippen LogP contribution in [-0.2, 0) is 6.54 Å². The van der Waals surface area contributed by atoms with Crippen molar-refractivity contribution < 1.29 is 14.4 Å². The molecular weight excluding hydrogens is 439 g/mol. The normalized spacial score (nSPS) is 10.6. The lowest BCUT2D eigenvalue weighted by atomic mass is 10.2. The number of non-ortho nitro benzene ring substituents is 1. The Labute approximate surface area is 162 Å². The number of nitro benzene ring substituents is 1. The molecule has 0 aliphatic heterocycles. The van der Waals surface area contributed by atoms with Gasteiger partial charge >= 0.3 is 0 Å². The zero-order valence-corrected chi connectivity index (χ0v) is 16.1. The number of nitrogens with two attached hydrogens (primary N) is 1. The molecule has 25 heavy (non-hydrogen) atoms. The number of hydrogen-bond acceptors (Lipinski definition) is 5. The summed E-state index contributed by atoms with van der Waals surface area (Å²) in [6.45, 7) is 0.230. The number of ether oxygens (including phenoxy) is 2. The highest BCUT2D eigenvalue weighted by atomic mass is 127. The third kappa shape index (κ3) is 5.78. The number of aliphatic imine (C=N–C) groups is 1. The highest BCUT2D eigenvalue weighted by Gasteiger charge is 2.06. The van der Waals surface area contributed by atoms with E-state index in [9.17, 15) is 10.1 Å². The monoisotopic (exact) mass is 458 g/mol.